The maximum absolute atomic E-state index is 11.6. The molecule has 5 heteroatoms. The van der Waals surface area contributed by atoms with Gasteiger partial charge in [-0.2, -0.15) is 0 Å². The topological polar surface area (TPSA) is 55.8 Å². The largest absolute Gasteiger partial charge is 0.447 e. The van der Waals surface area contributed by atoms with E-state index in [4.69, 9.17) is 9.47 Å². The first-order chi connectivity index (χ1) is 8.72. The molecule has 18 heavy (non-hydrogen) atoms. The summed E-state index contributed by atoms with van der Waals surface area (Å²) in [5, 5.41) is 0. The van der Waals surface area contributed by atoms with Crippen LogP contribution in [0.15, 0.2) is 30.3 Å². The normalized spacial score (nSPS) is 18.6. The molecule has 0 unspecified atom stereocenters. The molecule has 1 aliphatic heterocycles. The maximum Gasteiger partial charge on any atom is 0.413 e. The van der Waals surface area contributed by atoms with Crippen LogP contribution in [0.25, 0.3) is 0 Å². The van der Waals surface area contributed by atoms with Crippen molar-refractivity contribution in [2.24, 2.45) is 0 Å². The molecule has 0 aliphatic carbocycles. The quantitative estimate of drug-likeness (QED) is 0.767. The predicted molar refractivity (Wildman–Crippen MR) is 63.6 cm³/mol. The fraction of sp³-hybridized carbons (Fsp3) is 0.385. The Hall–Kier alpha value is -2.04. The predicted octanol–water partition coefficient (Wildman–Crippen LogP) is 2.09. The summed E-state index contributed by atoms with van der Waals surface area (Å²) < 4.78 is 9.98. The van der Waals surface area contributed by atoms with Crippen LogP contribution in [0.1, 0.15) is 24.9 Å². The Labute approximate surface area is 105 Å². The molecule has 1 atom stereocenters. The van der Waals surface area contributed by atoms with Gasteiger partial charge < -0.3 is 9.47 Å². The van der Waals surface area contributed by atoms with E-state index in [1.165, 1.54) is 4.90 Å². The van der Waals surface area contributed by atoms with Crippen LogP contribution in [0.4, 0.5) is 4.79 Å². The van der Waals surface area contributed by atoms with Gasteiger partial charge in [0.15, 0.2) is 6.73 Å². The van der Waals surface area contributed by atoms with Gasteiger partial charge in [-0.1, -0.05) is 37.3 Å². The second-order valence-electron chi connectivity index (χ2n) is 3.97. The van der Waals surface area contributed by atoms with Crippen LogP contribution in [0.5, 0.6) is 0 Å². The van der Waals surface area contributed by atoms with E-state index in [2.05, 4.69) is 0 Å². The standard InChI is InChI=1S/C13H15NO4/c1-2-12(15)18-9-14-11(8-17-13(14)16)10-6-4-3-5-7-10/h3-7,11H,2,8-9H2,1H3/t11-/m0/s1. The molecule has 0 aromatic heterocycles. The average molecular weight is 249 g/mol. The number of hydrogen-bond acceptors (Lipinski definition) is 4. The molecule has 1 aliphatic rings. The zero-order valence-corrected chi connectivity index (χ0v) is 10.2. The number of rotatable bonds is 4. The highest BCUT2D eigenvalue weighted by molar-refractivity contribution is 5.72. The molecule has 2 rings (SSSR count). The minimum Gasteiger partial charge on any atom is -0.447 e. The van der Waals surface area contributed by atoms with E-state index in [-0.39, 0.29) is 25.3 Å². The first-order valence-electron chi connectivity index (χ1n) is 5.86. The molecule has 1 heterocycles. The Balaban J connectivity index is 2.06. The Bertz CT molecular complexity index is 432. The summed E-state index contributed by atoms with van der Waals surface area (Å²) in [7, 11) is 0. The third-order valence-electron chi connectivity index (χ3n) is 2.81. The number of benzene rings is 1. The second-order valence-corrected chi connectivity index (χ2v) is 3.97. The first-order valence-corrected chi connectivity index (χ1v) is 5.86. The van der Waals surface area contributed by atoms with Crippen LogP contribution in [-0.2, 0) is 14.3 Å². The molecule has 1 aromatic rings. The van der Waals surface area contributed by atoms with Gasteiger partial charge in [-0.3, -0.25) is 9.69 Å². The van der Waals surface area contributed by atoms with Crippen molar-refractivity contribution in [1.82, 2.24) is 4.90 Å². The molecule has 0 spiro atoms. The summed E-state index contributed by atoms with van der Waals surface area (Å²) in [6, 6.07) is 9.34. The molecule has 1 fully saturated rings. The van der Waals surface area contributed by atoms with Crippen LogP contribution in [0, 0.1) is 0 Å². The van der Waals surface area contributed by atoms with Crippen molar-refractivity contribution in [2.75, 3.05) is 13.3 Å². The van der Waals surface area contributed by atoms with Gasteiger partial charge in [-0.05, 0) is 5.56 Å². The molecule has 0 radical (unpaired) electrons. The third-order valence-corrected chi connectivity index (χ3v) is 2.81. The highest BCUT2D eigenvalue weighted by Gasteiger charge is 2.34. The summed E-state index contributed by atoms with van der Waals surface area (Å²) in [5.41, 5.74) is 0.968. The zero-order valence-electron chi connectivity index (χ0n) is 10.2. The number of carbonyl (C=O) groups is 2. The lowest BCUT2D eigenvalue weighted by molar-refractivity contribution is -0.147. The number of hydrogen-bond donors (Lipinski definition) is 0. The highest BCUT2D eigenvalue weighted by atomic mass is 16.6. The van der Waals surface area contributed by atoms with Crippen LogP contribution in [0.3, 0.4) is 0 Å². The van der Waals surface area contributed by atoms with Crippen molar-refractivity contribution in [2.45, 2.75) is 19.4 Å². The Morgan fingerprint density at radius 3 is 2.83 bits per heavy atom. The SMILES string of the molecule is CCC(=O)OCN1C(=O)OC[C@H]1c1ccccc1. The minimum absolute atomic E-state index is 0.0644. The number of esters is 1. The Morgan fingerprint density at radius 1 is 1.44 bits per heavy atom. The molecule has 0 N–H and O–H groups in total. The van der Waals surface area contributed by atoms with E-state index in [0.717, 1.165) is 5.56 Å². The molecule has 0 bridgehead atoms. The lowest BCUT2D eigenvalue weighted by atomic mass is 10.1. The zero-order chi connectivity index (χ0) is 13.0. The van der Waals surface area contributed by atoms with Crippen LogP contribution in [0.2, 0.25) is 0 Å². The molecular weight excluding hydrogens is 234 g/mol. The maximum atomic E-state index is 11.6. The van der Waals surface area contributed by atoms with E-state index in [1.807, 2.05) is 30.3 Å². The van der Waals surface area contributed by atoms with Crippen molar-refractivity contribution in [3.8, 4) is 0 Å². The lowest BCUT2D eigenvalue weighted by Crippen LogP contribution is -2.31. The Kier molecular flexibility index (Phi) is 3.82. The third kappa shape index (κ3) is 2.61. The van der Waals surface area contributed by atoms with Gasteiger partial charge in [-0.15, -0.1) is 0 Å². The number of ether oxygens (including phenoxy) is 2. The van der Waals surface area contributed by atoms with Crippen molar-refractivity contribution < 1.29 is 19.1 Å². The van der Waals surface area contributed by atoms with Crippen molar-refractivity contribution in [3.05, 3.63) is 35.9 Å². The van der Waals surface area contributed by atoms with Gasteiger partial charge in [0.1, 0.15) is 6.61 Å². The van der Waals surface area contributed by atoms with Crippen LogP contribution < -0.4 is 0 Å². The van der Waals surface area contributed by atoms with Crippen molar-refractivity contribution in [3.63, 3.8) is 0 Å². The average Bonchev–Trinajstić information content (AvgIpc) is 2.78. The monoisotopic (exact) mass is 249 g/mol. The summed E-state index contributed by atoms with van der Waals surface area (Å²) in [5.74, 6) is -0.332. The molecule has 1 saturated heterocycles. The minimum atomic E-state index is -0.451. The van der Waals surface area contributed by atoms with Crippen LogP contribution in [-0.4, -0.2) is 30.3 Å². The van der Waals surface area contributed by atoms with E-state index < -0.39 is 6.09 Å². The lowest BCUT2D eigenvalue weighted by Gasteiger charge is -2.21. The number of nitrogens with zero attached hydrogens (tertiary/aromatic N) is 1. The first kappa shape index (κ1) is 12.4. The smallest absolute Gasteiger partial charge is 0.413 e. The Morgan fingerprint density at radius 2 is 2.17 bits per heavy atom. The van der Waals surface area contributed by atoms with Gasteiger partial charge in [0.2, 0.25) is 0 Å². The summed E-state index contributed by atoms with van der Waals surface area (Å²) in [6.45, 7) is 1.93. The molecule has 1 amide bonds. The van der Waals surface area contributed by atoms with E-state index in [9.17, 15) is 9.59 Å². The highest BCUT2D eigenvalue weighted by Crippen LogP contribution is 2.27. The number of carbonyl (C=O) groups excluding carboxylic acids is 2. The molecule has 0 saturated carbocycles. The second kappa shape index (κ2) is 5.53. The van der Waals surface area contributed by atoms with Gasteiger partial charge >= 0.3 is 12.1 Å². The van der Waals surface area contributed by atoms with Gasteiger partial charge in [0.25, 0.3) is 0 Å². The fourth-order valence-electron chi connectivity index (χ4n) is 1.79. The van der Waals surface area contributed by atoms with E-state index >= 15 is 0 Å². The van der Waals surface area contributed by atoms with Gasteiger partial charge in [0, 0.05) is 6.42 Å². The molecule has 5 nitrogen and oxygen atoms in total. The van der Waals surface area contributed by atoms with Crippen molar-refractivity contribution >= 4 is 12.1 Å². The van der Waals surface area contributed by atoms with Crippen molar-refractivity contribution in [1.29, 1.82) is 0 Å². The molecular formula is C13H15NO4. The fourth-order valence-corrected chi connectivity index (χ4v) is 1.79. The van der Waals surface area contributed by atoms with E-state index in [1.54, 1.807) is 6.92 Å². The van der Waals surface area contributed by atoms with Gasteiger partial charge in [0.05, 0.1) is 6.04 Å². The summed E-state index contributed by atoms with van der Waals surface area (Å²) in [4.78, 5) is 24.1. The molecule has 96 valence electrons. The summed E-state index contributed by atoms with van der Waals surface area (Å²) >= 11 is 0. The molecule has 1 aromatic carbocycles. The van der Waals surface area contributed by atoms with Gasteiger partial charge in [-0.25, -0.2) is 4.79 Å². The number of amides is 1. The van der Waals surface area contributed by atoms with E-state index in [0.29, 0.717) is 6.42 Å². The number of cyclic esters (lactones) is 1. The summed E-state index contributed by atoms with van der Waals surface area (Å²) in [6.07, 6.45) is -0.161. The van der Waals surface area contributed by atoms with Crippen LogP contribution >= 0.6 is 0 Å².